The fourth-order valence-corrected chi connectivity index (χ4v) is 11.4. The number of benzene rings is 1. The molecule has 0 amide bonds. The highest BCUT2D eigenvalue weighted by atomic mass is 28.4. The molecule has 0 bridgehead atoms. The van der Waals surface area contributed by atoms with Crippen molar-refractivity contribution in [2.24, 2.45) is 0 Å². The normalized spacial score (nSPS) is 28.6. The van der Waals surface area contributed by atoms with Crippen molar-refractivity contribution in [2.45, 2.75) is 230 Å². The molecule has 62 heavy (non-hydrogen) atoms. The number of carbonyl (C=O) groups is 2. The molecule has 16 heteroatoms. The molecular weight excluding hydrogens is 857 g/mol. The van der Waals surface area contributed by atoms with Crippen LogP contribution in [0.25, 0.3) is 0 Å². The molecule has 3 aliphatic rings. The van der Waals surface area contributed by atoms with Gasteiger partial charge in [0.2, 0.25) is 6.10 Å². The van der Waals surface area contributed by atoms with Crippen molar-refractivity contribution < 1.29 is 55.7 Å². The monoisotopic (exact) mass is 941 g/mol. The second kappa shape index (κ2) is 18.4. The Morgan fingerprint density at radius 3 is 1.69 bits per heavy atom. The average Bonchev–Trinajstić information content (AvgIpc) is 3.73. The number of cyclic esters (lactones) is 1. The first-order valence-electron chi connectivity index (χ1n) is 22.6. The van der Waals surface area contributed by atoms with E-state index in [2.05, 4.69) is 135 Å². The number of hydrogen-bond donors (Lipinski definition) is 0. The van der Waals surface area contributed by atoms with Crippen molar-refractivity contribution in [3.05, 3.63) is 35.9 Å². The molecular formula is C46H84O12Si4. The van der Waals surface area contributed by atoms with Gasteiger partial charge in [0.25, 0.3) is 0 Å². The highest BCUT2D eigenvalue weighted by Gasteiger charge is 2.61. The van der Waals surface area contributed by atoms with E-state index < -0.39 is 106 Å². The first kappa shape index (κ1) is 53.3. The smallest absolute Gasteiger partial charge is 0.350 e. The molecule has 1 aromatic carbocycles. The molecule has 12 nitrogen and oxygen atoms in total. The summed E-state index contributed by atoms with van der Waals surface area (Å²) in [7, 11) is -9.98. The van der Waals surface area contributed by atoms with E-state index in [1.165, 1.54) is 0 Å². The predicted molar refractivity (Wildman–Crippen MR) is 253 cm³/mol. The van der Waals surface area contributed by atoms with Gasteiger partial charge >= 0.3 is 11.9 Å². The van der Waals surface area contributed by atoms with Crippen LogP contribution in [-0.4, -0.2) is 119 Å². The Morgan fingerprint density at radius 2 is 1.23 bits per heavy atom. The van der Waals surface area contributed by atoms with Gasteiger partial charge in [-0.2, -0.15) is 0 Å². The molecule has 0 saturated carbocycles. The largest absolute Gasteiger partial charge is 0.454 e. The lowest BCUT2D eigenvalue weighted by Gasteiger charge is -2.46. The quantitative estimate of drug-likeness (QED) is 0.123. The zero-order chi connectivity index (χ0) is 47.4. The van der Waals surface area contributed by atoms with E-state index in [1.807, 2.05) is 0 Å². The third kappa shape index (κ3) is 12.2. The summed E-state index contributed by atoms with van der Waals surface area (Å²) in [6.07, 6.45) is -8.19. The molecule has 3 aliphatic heterocycles. The topological polar surface area (TPSA) is 126 Å². The second-order valence-corrected chi connectivity index (χ2v) is 43.3. The van der Waals surface area contributed by atoms with Crippen LogP contribution in [0.1, 0.15) is 107 Å². The summed E-state index contributed by atoms with van der Waals surface area (Å²) in [4.78, 5) is 27.6. The molecule has 0 spiro atoms. The standard InChI is InChI=1S/C46H84O12Si4/c1-42(2,3)59(15,16)50-29-32(56-60(17,18)43(4,5)6)34-36(57-61(19,20)44(7,8)9)38(58-62(21,22)45(10,11)12)41(53-34)54-35-33(31-28-49-46(13,14)55-31)51-40(48)37(35)52-39(47)30-26-24-23-25-27-30/h23-27,31-38,41H,28-29H2,1-22H3/t31-,32-,33+,34+,35+,36+,37-,38-,41+/m1/s1. The van der Waals surface area contributed by atoms with Crippen molar-refractivity contribution in [3.63, 3.8) is 0 Å². The molecule has 0 aliphatic carbocycles. The van der Waals surface area contributed by atoms with Crippen LogP contribution in [0, 0.1) is 0 Å². The minimum Gasteiger partial charge on any atom is -0.454 e. The maximum Gasteiger partial charge on any atom is 0.350 e. The van der Waals surface area contributed by atoms with Gasteiger partial charge in [-0.05, 0) is 98.5 Å². The van der Waals surface area contributed by atoms with Crippen LogP contribution < -0.4 is 0 Å². The lowest BCUT2D eigenvalue weighted by atomic mass is 10.0. The predicted octanol–water partition coefficient (Wildman–Crippen LogP) is 10.6. The van der Waals surface area contributed by atoms with E-state index in [1.54, 1.807) is 44.2 Å². The Kier molecular flexibility index (Phi) is 15.8. The van der Waals surface area contributed by atoms with Crippen LogP contribution in [0.2, 0.25) is 72.5 Å². The lowest BCUT2D eigenvalue weighted by molar-refractivity contribution is -0.226. The molecule has 0 unspecified atom stereocenters. The fourth-order valence-electron chi connectivity index (χ4n) is 6.52. The summed E-state index contributed by atoms with van der Waals surface area (Å²) in [6.45, 7) is 48.5. The van der Waals surface area contributed by atoms with Crippen molar-refractivity contribution in [1.29, 1.82) is 0 Å². The van der Waals surface area contributed by atoms with E-state index in [0.717, 1.165) is 0 Å². The second-order valence-electron chi connectivity index (χ2n) is 24.2. The molecule has 3 saturated heterocycles. The van der Waals surface area contributed by atoms with Crippen LogP contribution in [-0.2, 0) is 50.9 Å². The van der Waals surface area contributed by atoms with Crippen LogP contribution in [0.5, 0.6) is 0 Å². The zero-order valence-corrected chi connectivity index (χ0v) is 46.4. The van der Waals surface area contributed by atoms with Gasteiger partial charge in [-0.15, -0.1) is 0 Å². The Morgan fingerprint density at radius 1 is 0.726 bits per heavy atom. The number of hydrogen-bond acceptors (Lipinski definition) is 12. The first-order chi connectivity index (χ1) is 27.8. The van der Waals surface area contributed by atoms with Crippen LogP contribution in [0.3, 0.4) is 0 Å². The van der Waals surface area contributed by atoms with Crippen LogP contribution >= 0.6 is 0 Å². The third-order valence-corrected chi connectivity index (χ3v) is 32.7. The van der Waals surface area contributed by atoms with E-state index in [4.69, 9.17) is 46.1 Å². The minimum absolute atomic E-state index is 0.0570. The average molecular weight is 942 g/mol. The molecule has 9 atom stereocenters. The maximum absolute atomic E-state index is 14.0. The Balaban J connectivity index is 1.93. The van der Waals surface area contributed by atoms with Crippen molar-refractivity contribution in [2.75, 3.05) is 13.2 Å². The fraction of sp³-hybridized carbons (Fsp3) is 0.826. The van der Waals surface area contributed by atoms with Gasteiger partial charge in [0.1, 0.15) is 30.5 Å². The third-order valence-electron chi connectivity index (χ3n) is 14.8. The minimum atomic E-state index is -2.62. The summed E-state index contributed by atoms with van der Waals surface area (Å²) in [6, 6.07) is 8.55. The highest BCUT2D eigenvalue weighted by molar-refractivity contribution is 6.75. The maximum atomic E-state index is 14.0. The van der Waals surface area contributed by atoms with Crippen molar-refractivity contribution in [3.8, 4) is 0 Å². The van der Waals surface area contributed by atoms with E-state index in [0.29, 0.717) is 0 Å². The van der Waals surface area contributed by atoms with Gasteiger partial charge in [-0.1, -0.05) is 101 Å². The Bertz CT molecular complexity index is 1690. The van der Waals surface area contributed by atoms with Crippen LogP contribution in [0.15, 0.2) is 30.3 Å². The molecule has 4 rings (SSSR count). The summed E-state index contributed by atoms with van der Waals surface area (Å²) in [5, 5.41) is -0.571. The van der Waals surface area contributed by atoms with Gasteiger partial charge in [0.15, 0.2) is 51.5 Å². The van der Waals surface area contributed by atoms with Gasteiger partial charge in [-0.25, -0.2) is 9.59 Å². The molecule has 356 valence electrons. The van der Waals surface area contributed by atoms with E-state index in [-0.39, 0.29) is 38.9 Å². The summed E-state index contributed by atoms with van der Waals surface area (Å²) < 4.78 is 68.2. The molecule has 3 fully saturated rings. The van der Waals surface area contributed by atoms with E-state index >= 15 is 0 Å². The molecule has 1 aromatic rings. The molecule has 0 N–H and O–H groups in total. The SMILES string of the molecule is CC1(C)OC[C@H]([C@@H]2OC(=O)[C@H](OC(=O)c3ccccc3)[C@H]2O[C@@H]2O[C@@H]([C@@H](CO[Si](C)(C)C(C)(C)C)O[Si](C)(C)C(C)(C)C)[C@H](O[Si](C)(C)C(C)(C)C)[C@H]2O[Si](C)(C)C(C)(C)C)O1. The summed E-state index contributed by atoms with van der Waals surface area (Å²) >= 11 is 0. The lowest BCUT2D eigenvalue weighted by Crippen LogP contribution is -2.58. The number of carbonyl (C=O) groups excluding carboxylic acids is 2. The first-order valence-corrected chi connectivity index (χ1v) is 34.2. The van der Waals surface area contributed by atoms with Gasteiger partial charge in [-0.3, -0.25) is 0 Å². The molecule has 0 radical (unpaired) electrons. The number of ether oxygens (including phenoxy) is 6. The Hall–Kier alpha value is -1.29. The number of rotatable bonds is 15. The van der Waals surface area contributed by atoms with E-state index in [9.17, 15) is 9.59 Å². The zero-order valence-electron chi connectivity index (χ0n) is 42.4. The highest BCUT2D eigenvalue weighted by Crippen LogP contribution is 2.47. The summed E-state index contributed by atoms with van der Waals surface area (Å²) in [5.74, 6) is -2.37. The number of esters is 2. The molecule has 3 heterocycles. The van der Waals surface area contributed by atoms with Crippen molar-refractivity contribution >= 4 is 45.2 Å². The van der Waals surface area contributed by atoms with Gasteiger partial charge < -0.3 is 46.1 Å². The van der Waals surface area contributed by atoms with Gasteiger partial charge in [0.05, 0.1) is 24.9 Å². The van der Waals surface area contributed by atoms with Crippen molar-refractivity contribution in [1.82, 2.24) is 0 Å². The molecule has 0 aromatic heterocycles. The van der Waals surface area contributed by atoms with Crippen LogP contribution in [0.4, 0.5) is 0 Å². The summed E-state index contributed by atoms with van der Waals surface area (Å²) in [5.41, 5.74) is 0.288. The Labute approximate surface area is 378 Å². The van der Waals surface area contributed by atoms with Gasteiger partial charge in [0, 0.05) is 0 Å².